The molecular weight excluding hydrogens is 164 g/mol. The van der Waals surface area contributed by atoms with Crippen molar-refractivity contribution in [3.05, 3.63) is 11.6 Å². The zero-order valence-electron chi connectivity index (χ0n) is 7.99. The van der Waals surface area contributed by atoms with Gasteiger partial charge in [0, 0.05) is 0 Å². The average molecular weight is 180 g/mol. The largest absolute Gasteiger partial charge is 0.481 e. The molecule has 72 valence electrons. The first-order valence-corrected chi connectivity index (χ1v) is 5.14. The lowest BCUT2D eigenvalue weighted by Gasteiger charge is -2.34. The van der Waals surface area contributed by atoms with Crippen LogP contribution in [0.15, 0.2) is 11.6 Å². The fraction of sp³-hybridized carbons (Fsp3) is 0.727. The quantitative estimate of drug-likeness (QED) is 0.663. The highest BCUT2D eigenvalue weighted by Gasteiger charge is 2.45. The minimum absolute atomic E-state index is 0.0576. The standard InChI is InChI=1S/C11H16O2/c1-2-3-7-4-8-5-9(11(12)13)6-10(7)8/h3,8-10H,2,4-6H2,1H3,(H,12,13). The van der Waals surface area contributed by atoms with Gasteiger partial charge in [-0.1, -0.05) is 18.6 Å². The second-order valence-corrected chi connectivity index (χ2v) is 4.26. The van der Waals surface area contributed by atoms with Crippen molar-refractivity contribution in [3.63, 3.8) is 0 Å². The molecule has 2 rings (SSSR count). The van der Waals surface area contributed by atoms with Gasteiger partial charge < -0.3 is 5.11 Å². The van der Waals surface area contributed by atoms with Gasteiger partial charge in [0.15, 0.2) is 0 Å². The van der Waals surface area contributed by atoms with Crippen LogP contribution in [-0.2, 0) is 4.79 Å². The molecule has 0 bridgehead atoms. The Balaban J connectivity index is 1.99. The maximum atomic E-state index is 10.8. The number of allylic oxidation sites excluding steroid dienone is 2. The minimum Gasteiger partial charge on any atom is -0.481 e. The molecule has 2 nitrogen and oxygen atoms in total. The molecule has 0 heterocycles. The predicted molar refractivity (Wildman–Crippen MR) is 50.3 cm³/mol. The third-order valence-corrected chi connectivity index (χ3v) is 3.48. The monoisotopic (exact) mass is 180 g/mol. The first-order chi connectivity index (χ1) is 6.22. The molecular formula is C11H16O2. The Kier molecular flexibility index (Phi) is 2.14. The molecule has 2 heteroatoms. The number of hydrogen-bond donors (Lipinski definition) is 1. The lowest BCUT2D eigenvalue weighted by molar-refractivity contribution is -0.141. The molecule has 0 radical (unpaired) electrons. The van der Waals surface area contributed by atoms with Gasteiger partial charge in [-0.2, -0.15) is 0 Å². The maximum Gasteiger partial charge on any atom is 0.306 e. The summed E-state index contributed by atoms with van der Waals surface area (Å²) < 4.78 is 0. The van der Waals surface area contributed by atoms with Crippen molar-refractivity contribution in [3.8, 4) is 0 Å². The highest BCUT2D eigenvalue weighted by molar-refractivity contribution is 5.70. The van der Waals surface area contributed by atoms with Crippen molar-refractivity contribution in [2.75, 3.05) is 0 Å². The maximum absolute atomic E-state index is 10.8. The van der Waals surface area contributed by atoms with Gasteiger partial charge in [0.2, 0.25) is 0 Å². The summed E-state index contributed by atoms with van der Waals surface area (Å²) in [6.07, 6.45) is 6.36. The van der Waals surface area contributed by atoms with Crippen molar-refractivity contribution in [2.45, 2.75) is 32.6 Å². The Hall–Kier alpha value is -0.790. The van der Waals surface area contributed by atoms with Crippen LogP contribution in [0.5, 0.6) is 0 Å². The van der Waals surface area contributed by atoms with E-state index >= 15 is 0 Å². The molecule has 2 saturated carbocycles. The van der Waals surface area contributed by atoms with Crippen molar-refractivity contribution >= 4 is 5.97 Å². The molecule has 0 aromatic rings. The van der Waals surface area contributed by atoms with E-state index in [9.17, 15) is 4.79 Å². The minimum atomic E-state index is -0.592. The molecule has 0 spiro atoms. The van der Waals surface area contributed by atoms with Crippen LogP contribution >= 0.6 is 0 Å². The Morgan fingerprint density at radius 3 is 3.00 bits per heavy atom. The smallest absolute Gasteiger partial charge is 0.306 e. The number of carbonyl (C=O) groups is 1. The van der Waals surface area contributed by atoms with E-state index in [1.165, 1.54) is 12.0 Å². The van der Waals surface area contributed by atoms with Gasteiger partial charge in [0.05, 0.1) is 5.92 Å². The Morgan fingerprint density at radius 2 is 2.38 bits per heavy atom. The fourth-order valence-electron chi connectivity index (χ4n) is 2.80. The van der Waals surface area contributed by atoms with Gasteiger partial charge in [0.25, 0.3) is 0 Å². The van der Waals surface area contributed by atoms with Crippen LogP contribution in [0.4, 0.5) is 0 Å². The average Bonchev–Trinajstić information content (AvgIpc) is 2.39. The summed E-state index contributed by atoms with van der Waals surface area (Å²) in [6, 6.07) is 0. The molecule has 0 aromatic heterocycles. The highest BCUT2D eigenvalue weighted by atomic mass is 16.4. The molecule has 0 saturated heterocycles. The van der Waals surface area contributed by atoms with E-state index in [1.54, 1.807) is 0 Å². The normalized spacial score (nSPS) is 40.1. The molecule has 2 aliphatic rings. The predicted octanol–water partition coefficient (Wildman–Crippen LogP) is 2.45. The second kappa shape index (κ2) is 3.17. The fourth-order valence-corrected chi connectivity index (χ4v) is 2.80. The zero-order chi connectivity index (χ0) is 9.42. The van der Waals surface area contributed by atoms with Crippen LogP contribution in [0, 0.1) is 17.8 Å². The van der Waals surface area contributed by atoms with Crippen LogP contribution in [0.25, 0.3) is 0 Å². The van der Waals surface area contributed by atoms with Crippen molar-refractivity contribution in [2.24, 2.45) is 17.8 Å². The summed E-state index contributed by atoms with van der Waals surface area (Å²) in [5, 5.41) is 8.87. The molecule has 3 atom stereocenters. The van der Waals surface area contributed by atoms with Gasteiger partial charge in [-0.25, -0.2) is 0 Å². The summed E-state index contributed by atoms with van der Waals surface area (Å²) in [4.78, 5) is 10.8. The number of fused-ring (bicyclic) bond motifs is 1. The lowest BCUT2D eigenvalue weighted by Crippen LogP contribution is -2.23. The van der Waals surface area contributed by atoms with Crippen molar-refractivity contribution < 1.29 is 9.90 Å². The summed E-state index contributed by atoms with van der Waals surface area (Å²) >= 11 is 0. The molecule has 13 heavy (non-hydrogen) atoms. The van der Waals surface area contributed by atoms with Crippen LogP contribution in [0.1, 0.15) is 32.6 Å². The molecule has 0 amide bonds. The van der Waals surface area contributed by atoms with Gasteiger partial charge in [0.1, 0.15) is 0 Å². The van der Waals surface area contributed by atoms with E-state index in [4.69, 9.17) is 5.11 Å². The zero-order valence-corrected chi connectivity index (χ0v) is 7.99. The lowest BCUT2D eigenvalue weighted by atomic mass is 9.71. The summed E-state index contributed by atoms with van der Waals surface area (Å²) in [5.74, 6) is 0.669. The first kappa shape index (κ1) is 8.79. The van der Waals surface area contributed by atoms with Gasteiger partial charge in [-0.05, 0) is 37.5 Å². The molecule has 1 N–H and O–H groups in total. The van der Waals surface area contributed by atoms with E-state index in [1.807, 2.05) is 0 Å². The van der Waals surface area contributed by atoms with Crippen molar-refractivity contribution in [1.82, 2.24) is 0 Å². The van der Waals surface area contributed by atoms with Crippen LogP contribution < -0.4 is 0 Å². The second-order valence-electron chi connectivity index (χ2n) is 4.26. The van der Waals surface area contributed by atoms with Crippen LogP contribution in [0.2, 0.25) is 0 Å². The summed E-state index contributed by atoms with van der Waals surface area (Å²) in [5.41, 5.74) is 1.52. The van der Waals surface area contributed by atoms with Crippen LogP contribution in [-0.4, -0.2) is 11.1 Å². The van der Waals surface area contributed by atoms with Gasteiger partial charge in [-0.15, -0.1) is 0 Å². The molecule has 0 aromatic carbocycles. The van der Waals surface area contributed by atoms with Gasteiger partial charge >= 0.3 is 5.97 Å². The SMILES string of the molecule is CCC=C1CC2CC(C(=O)O)CC12. The third-order valence-electron chi connectivity index (χ3n) is 3.48. The van der Waals surface area contributed by atoms with Crippen LogP contribution in [0.3, 0.4) is 0 Å². The molecule has 2 fully saturated rings. The Bertz CT molecular complexity index is 255. The first-order valence-electron chi connectivity index (χ1n) is 5.14. The topological polar surface area (TPSA) is 37.3 Å². The third kappa shape index (κ3) is 1.38. The summed E-state index contributed by atoms with van der Waals surface area (Å²) in [7, 11) is 0. The van der Waals surface area contributed by atoms with Gasteiger partial charge in [-0.3, -0.25) is 4.79 Å². The van der Waals surface area contributed by atoms with E-state index in [0.29, 0.717) is 11.8 Å². The number of carboxylic acids is 1. The van der Waals surface area contributed by atoms with E-state index < -0.39 is 5.97 Å². The number of rotatable bonds is 2. The highest BCUT2D eigenvalue weighted by Crippen LogP contribution is 2.53. The number of aliphatic carboxylic acids is 1. The molecule has 2 aliphatic carbocycles. The molecule has 3 unspecified atom stereocenters. The van der Waals surface area contributed by atoms with E-state index in [0.717, 1.165) is 19.3 Å². The van der Waals surface area contributed by atoms with E-state index in [2.05, 4.69) is 13.0 Å². The Labute approximate surface area is 78.6 Å². The Morgan fingerprint density at radius 1 is 1.62 bits per heavy atom. The van der Waals surface area contributed by atoms with E-state index in [-0.39, 0.29) is 5.92 Å². The summed E-state index contributed by atoms with van der Waals surface area (Å²) in [6.45, 7) is 2.14. The molecule has 0 aliphatic heterocycles. The van der Waals surface area contributed by atoms with Crippen molar-refractivity contribution in [1.29, 1.82) is 0 Å². The number of hydrogen-bond acceptors (Lipinski definition) is 1. The number of carboxylic acid groups (broad SMARTS) is 1.